The van der Waals surface area contributed by atoms with Crippen LogP contribution in [0.1, 0.15) is 24.4 Å². The van der Waals surface area contributed by atoms with Gasteiger partial charge >= 0.3 is 0 Å². The summed E-state index contributed by atoms with van der Waals surface area (Å²) in [5.74, 6) is 0. The van der Waals surface area contributed by atoms with Crippen molar-refractivity contribution in [3.05, 3.63) is 33.4 Å². The molecule has 0 aliphatic rings. The van der Waals surface area contributed by atoms with E-state index in [-0.39, 0.29) is 12.6 Å². The normalized spacial score (nSPS) is 12.8. The first kappa shape index (κ1) is 10.9. The lowest BCUT2D eigenvalue weighted by atomic mass is 10.0. The molecule has 1 rings (SSSR count). The Labute approximate surface area is 92.3 Å². The van der Waals surface area contributed by atoms with E-state index in [1.54, 1.807) is 0 Å². The first-order valence-electron chi connectivity index (χ1n) is 4.36. The average molecular weight is 291 g/mol. The lowest BCUT2D eigenvalue weighted by Gasteiger charge is -2.12. The van der Waals surface area contributed by atoms with Gasteiger partial charge in [0, 0.05) is 16.2 Å². The highest BCUT2D eigenvalue weighted by atomic mass is 127. The highest BCUT2D eigenvalue weighted by Crippen LogP contribution is 2.21. The minimum atomic E-state index is 0.0558. The molecule has 0 spiro atoms. The largest absolute Gasteiger partial charge is 0.396 e. The van der Waals surface area contributed by atoms with Crippen molar-refractivity contribution in [2.45, 2.75) is 18.9 Å². The van der Waals surface area contributed by atoms with Crippen LogP contribution in [0, 0.1) is 3.57 Å². The number of aliphatic hydroxyl groups is 1. The van der Waals surface area contributed by atoms with E-state index in [0.717, 1.165) is 12.8 Å². The van der Waals surface area contributed by atoms with Crippen LogP contribution >= 0.6 is 22.6 Å². The zero-order chi connectivity index (χ0) is 9.68. The molecule has 0 unspecified atom stereocenters. The number of nitrogens with two attached hydrogens (primary N) is 1. The molecular weight excluding hydrogens is 277 g/mol. The molecule has 3 heteroatoms. The lowest BCUT2D eigenvalue weighted by Crippen LogP contribution is -2.12. The van der Waals surface area contributed by atoms with Gasteiger partial charge in [-0.05, 0) is 47.1 Å². The summed E-state index contributed by atoms with van der Waals surface area (Å²) in [5, 5.41) is 8.67. The molecule has 0 saturated heterocycles. The van der Waals surface area contributed by atoms with Crippen LogP contribution < -0.4 is 5.73 Å². The molecule has 0 aliphatic heterocycles. The number of benzene rings is 1. The SMILES string of the molecule is N[C@H](CCCO)c1ccccc1I. The summed E-state index contributed by atoms with van der Waals surface area (Å²) in [6.07, 6.45) is 1.61. The Morgan fingerprint density at radius 1 is 1.38 bits per heavy atom. The minimum absolute atomic E-state index is 0.0558. The molecule has 0 bridgehead atoms. The summed E-state index contributed by atoms with van der Waals surface area (Å²) in [6, 6.07) is 8.15. The van der Waals surface area contributed by atoms with E-state index >= 15 is 0 Å². The van der Waals surface area contributed by atoms with Gasteiger partial charge in [0.25, 0.3) is 0 Å². The van der Waals surface area contributed by atoms with Gasteiger partial charge in [-0.2, -0.15) is 0 Å². The van der Waals surface area contributed by atoms with Crippen LogP contribution in [0.25, 0.3) is 0 Å². The average Bonchev–Trinajstić information content (AvgIpc) is 2.15. The molecule has 0 heterocycles. The number of hydrogen-bond acceptors (Lipinski definition) is 2. The van der Waals surface area contributed by atoms with E-state index in [9.17, 15) is 0 Å². The van der Waals surface area contributed by atoms with Gasteiger partial charge in [0.2, 0.25) is 0 Å². The minimum Gasteiger partial charge on any atom is -0.396 e. The highest BCUT2D eigenvalue weighted by Gasteiger charge is 2.07. The van der Waals surface area contributed by atoms with E-state index in [1.165, 1.54) is 9.13 Å². The summed E-state index contributed by atoms with van der Waals surface area (Å²) in [7, 11) is 0. The van der Waals surface area contributed by atoms with Gasteiger partial charge in [-0.3, -0.25) is 0 Å². The van der Waals surface area contributed by atoms with E-state index in [1.807, 2.05) is 18.2 Å². The van der Waals surface area contributed by atoms with E-state index in [0.29, 0.717) is 0 Å². The molecule has 1 aromatic rings. The van der Waals surface area contributed by atoms with E-state index in [2.05, 4.69) is 28.7 Å². The Morgan fingerprint density at radius 2 is 2.08 bits per heavy atom. The van der Waals surface area contributed by atoms with Gasteiger partial charge in [-0.25, -0.2) is 0 Å². The number of halogens is 1. The van der Waals surface area contributed by atoms with Gasteiger partial charge in [0.15, 0.2) is 0 Å². The smallest absolute Gasteiger partial charge is 0.0431 e. The van der Waals surface area contributed by atoms with Crippen molar-refractivity contribution in [2.75, 3.05) is 6.61 Å². The standard InChI is InChI=1S/C10H14INO/c11-9-5-2-1-4-8(9)10(12)6-3-7-13/h1-2,4-5,10,13H,3,6-7,12H2/t10-/m1/s1. The fourth-order valence-electron chi connectivity index (χ4n) is 1.24. The second-order valence-corrected chi connectivity index (χ2v) is 4.16. The van der Waals surface area contributed by atoms with E-state index < -0.39 is 0 Å². The third-order valence-corrected chi connectivity index (χ3v) is 2.96. The van der Waals surface area contributed by atoms with E-state index in [4.69, 9.17) is 10.8 Å². The molecule has 0 fully saturated rings. The van der Waals surface area contributed by atoms with Gasteiger partial charge < -0.3 is 10.8 Å². The molecule has 0 aliphatic carbocycles. The summed E-state index contributed by atoms with van der Waals surface area (Å²) in [4.78, 5) is 0. The van der Waals surface area contributed by atoms with Crippen molar-refractivity contribution in [1.29, 1.82) is 0 Å². The monoisotopic (exact) mass is 291 g/mol. The number of hydrogen-bond donors (Lipinski definition) is 2. The Kier molecular flexibility index (Phi) is 4.69. The first-order valence-corrected chi connectivity index (χ1v) is 5.44. The highest BCUT2D eigenvalue weighted by molar-refractivity contribution is 14.1. The number of aliphatic hydroxyl groups excluding tert-OH is 1. The Morgan fingerprint density at radius 3 is 2.69 bits per heavy atom. The summed E-state index contributed by atoms with van der Waals surface area (Å²) < 4.78 is 1.20. The molecule has 13 heavy (non-hydrogen) atoms. The predicted octanol–water partition coefficient (Wildman–Crippen LogP) is 2.06. The van der Waals surface area contributed by atoms with Crippen LogP contribution in [0.2, 0.25) is 0 Å². The van der Waals surface area contributed by atoms with Gasteiger partial charge in [-0.1, -0.05) is 18.2 Å². The van der Waals surface area contributed by atoms with Crippen molar-refractivity contribution >= 4 is 22.6 Å². The third-order valence-electron chi connectivity index (χ3n) is 1.98. The maximum Gasteiger partial charge on any atom is 0.0431 e. The Hall–Kier alpha value is -0.130. The maximum atomic E-state index is 8.67. The second-order valence-electron chi connectivity index (χ2n) is 2.99. The fraction of sp³-hybridized carbons (Fsp3) is 0.400. The molecule has 0 radical (unpaired) electrons. The topological polar surface area (TPSA) is 46.2 Å². The molecular formula is C10H14INO. The third kappa shape index (κ3) is 3.25. The van der Waals surface area contributed by atoms with Crippen molar-refractivity contribution in [1.82, 2.24) is 0 Å². The van der Waals surface area contributed by atoms with Crippen LogP contribution in [0.15, 0.2) is 24.3 Å². The molecule has 0 saturated carbocycles. The molecule has 0 aromatic heterocycles. The van der Waals surface area contributed by atoms with Crippen molar-refractivity contribution < 1.29 is 5.11 Å². The Balaban J connectivity index is 2.65. The van der Waals surface area contributed by atoms with Crippen LogP contribution in [-0.4, -0.2) is 11.7 Å². The van der Waals surface area contributed by atoms with Crippen molar-refractivity contribution in [3.63, 3.8) is 0 Å². The molecule has 3 N–H and O–H groups in total. The molecule has 1 atom stereocenters. The van der Waals surface area contributed by atoms with Gasteiger partial charge in [-0.15, -0.1) is 0 Å². The summed E-state index contributed by atoms with van der Waals surface area (Å²) in [6.45, 7) is 0.219. The zero-order valence-electron chi connectivity index (χ0n) is 7.41. The van der Waals surface area contributed by atoms with Gasteiger partial charge in [0.05, 0.1) is 0 Å². The quantitative estimate of drug-likeness (QED) is 0.834. The fourth-order valence-corrected chi connectivity index (χ4v) is 2.03. The zero-order valence-corrected chi connectivity index (χ0v) is 9.57. The van der Waals surface area contributed by atoms with Crippen molar-refractivity contribution in [3.8, 4) is 0 Å². The molecule has 1 aromatic carbocycles. The Bertz CT molecular complexity index is 265. The predicted molar refractivity (Wildman–Crippen MR) is 62.4 cm³/mol. The lowest BCUT2D eigenvalue weighted by molar-refractivity contribution is 0.280. The molecule has 0 amide bonds. The maximum absolute atomic E-state index is 8.67. The van der Waals surface area contributed by atoms with Crippen LogP contribution in [0.5, 0.6) is 0 Å². The molecule has 72 valence electrons. The van der Waals surface area contributed by atoms with Gasteiger partial charge in [0.1, 0.15) is 0 Å². The van der Waals surface area contributed by atoms with Crippen molar-refractivity contribution in [2.24, 2.45) is 5.73 Å². The second kappa shape index (κ2) is 5.57. The van der Waals surface area contributed by atoms with Crippen LogP contribution in [-0.2, 0) is 0 Å². The molecule has 2 nitrogen and oxygen atoms in total. The van der Waals surface area contributed by atoms with Crippen LogP contribution in [0.3, 0.4) is 0 Å². The first-order chi connectivity index (χ1) is 6.25. The summed E-state index contributed by atoms with van der Waals surface area (Å²) in [5.41, 5.74) is 7.14. The number of rotatable bonds is 4. The van der Waals surface area contributed by atoms with Crippen LogP contribution in [0.4, 0.5) is 0 Å². The summed E-state index contributed by atoms with van der Waals surface area (Å²) >= 11 is 2.28.